The summed E-state index contributed by atoms with van der Waals surface area (Å²) < 4.78 is 17.8. The van der Waals surface area contributed by atoms with Crippen molar-refractivity contribution < 1.29 is 13.9 Å². The molecule has 162 valence electrons. The number of rotatable bonds is 10. The van der Waals surface area contributed by atoms with Gasteiger partial charge in [0.25, 0.3) is 0 Å². The maximum Gasteiger partial charge on any atom is 0.191 e. The predicted octanol–water partition coefficient (Wildman–Crippen LogP) is 3.36. The second-order valence-corrected chi connectivity index (χ2v) is 6.29. The summed E-state index contributed by atoms with van der Waals surface area (Å²) in [6.45, 7) is 2.49. The summed E-state index contributed by atoms with van der Waals surface area (Å²) in [6.07, 6.45) is 4.45. The van der Waals surface area contributed by atoms with E-state index < -0.39 is 0 Å². The van der Waals surface area contributed by atoms with Gasteiger partial charge in [-0.1, -0.05) is 0 Å². The Morgan fingerprint density at radius 2 is 2.00 bits per heavy atom. The van der Waals surface area contributed by atoms with Crippen LogP contribution in [0.4, 0.5) is 0 Å². The van der Waals surface area contributed by atoms with Crippen LogP contribution in [0, 0.1) is 0 Å². The van der Waals surface area contributed by atoms with Crippen LogP contribution < -0.4 is 15.4 Å². The average molecular weight is 525 g/mol. The number of ether oxygens (including phenoxy) is 2. The van der Waals surface area contributed by atoms with Gasteiger partial charge in [-0.15, -0.1) is 24.0 Å². The molecule has 0 bridgehead atoms. The second-order valence-electron chi connectivity index (χ2n) is 6.29. The number of halogens is 1. The van der Waals surface area contributed by atoms with Crippen molar-refractivity contribution in [3.63, 3.8) is 0 Å². The molecule has 0 aliphatic rings. The molecule has 0 aliphatic heterocycles. The lowest BCUT2D eigenvalue weighted by Crippen LogP contribution is -2.37. The molecule has 0 spiro atoms. The number of nitrogens with zero attached hydrogens (tertiary/aromatic N) is 3. The molecule has 0 atom stereocenters. The summed E-state index contributed by atoms with van der Waals surface area (Å²) in [5, 5.41) is 11.1. The minimum atomic E-state index is 0. The van der Waals surface area contributed by atoms with E-state index in [0.717, 1.165) is 41.8 Å². The zero-order valence-corrected chi connectivity index (χ0v) is 19.5. The van der Waals surface area contributed by atoms with Crippen molar-refractivity contribution in [2.24, 2.45) is 4.99 Å². The molecule has 0 radical (unpaired) electrons. The molecular formula is C21H28IN5O3. The lowest BCUT2D eigenvalue weighted by Gasteiger charge is -2.11. The summed E-state index contributed by atoms with van der Waals surface area (Å²) in [5.74, 6) is 2.39. The standard InChI is InChI=1S/C21H27N5O3.HI/c1-22-21(23-11-4-13-28-16-20-5-3-14-29-20)24-15-17-10-12-26(25-17)18-6-8-19(27-2)9-7-18;/h3,5-10,12,14H,4,11,13,15-16H2,1-2H3,(H2,22,23,24);1H. The Morgan fingerprint density at radius 1 is 1.17 bits per heavy atom. The summed E-state index contributed by atoms with van der Waals surface area (Å²) in [7, 11) is 3.40. The highest BCUT2D eigenvalue weighted by atomic mass is 127. The van der Waals surface area contributed by atoms with Gasteiger partial charge in [0.05, 0.1) is 31.3 Å². The van der Waals surface area contributed by atoms with Crippen molar-refractivity contribution in [1.29, 1.82) is 0 Å². The molecule has 1 aromatic carbocycles. The van der Waals surface area contributed by atoms with Crippen molar-refractivity contribution in [2.75, 3.05) is 27.3 Å². The van der Waals surface area contributed by atoms with E-state index in [1.54, 1.807) is 20.4 Å². The molecule has 2 heterocycles. The Bertz CT molecular complexity index is 878. The van der Waals surface area contributed by atoms with Crippen molar-refractivity contribution in [2.45, 2.75) is 19.6 Å². The molecule has 0 aliphatic carbocycles. The van der Waals surface area contributed by atoms with E-state index in [1.807, 2.05) is 53.3 Å². The van der Waals surface area contributed by atoms with E-state index in [0.29, 0.717) is 19.8 Å². The van der Waals surface area contributed by atoms with Crippen LogP contribution in [0.1, 0.15) is 17.9 Å². The Balaban J connectivity index is 0.00000320. The van der Waals surface area contributed by atoms with E-state index in [-0.39, 0.29) is 24.0 Å². The zero-order chi connectivity index (χ0) is 20.3. The molecule has 0 unspecified atom stereocenters. The summed E-state index contributed by atoms with van der Waals surface area (Å²) in [6, 6.07) is 13.5. The number of furan rings is 1. The number of aromatic nitrogens is 2. The van der Waals surface area contributed by atoms with Crippen molar-refractivity contribution in [3.05, 3.63) is 66.4 Å². The molecule has 8 nitrogen and oxygen atoms in total. The SMILES string of the molecule is CN=C(NCCCOCc1ccco1)NCc1ccn(-c2ccc(OC)cc2)n1.I. The fraction of sp³-hybridized carbons (Fsp3) is 0.333. The van der Waals surface area contributed by atoms with E-state index in [2.05, 4.69) is 20.7 Å². The van der Waals surface area contributed by atoms with E-state index in [1.165, 1.54) is 0 Å². The molecule has 3 aromatic rings. The van der Waals surface area contributed by atoms with Gasteiger partial charge in [-0.2, -0.15) is 5.10 Å². The van der Waals surface area contributed by atoms with Crippen molar-refractivity contribution in [3.8, 4) is 11.4 Å². The molecule has 2 aromatic heterocycles. The maximum atomic E-state index is 5.57. The largest absolute Gasteiger partial charge is 0.497 e. The predicted molar refractivity (Wildman–Crippen MR) is 127 cm³/mol. The number of nitrogens with one attached hydrogen (secondary N) is 2. The third kappa shape index (κ3) is 7.38. The number of aliphatic imine (C=N–C) groups is 1. The number of guanidine groups is 1. The first kappa shape index (κ1) is 23.7. The molecule has 9 heteroatoms. The quantitative estimate of drug-likeness (QED) is 0.183. The van der Waals surface area contributed by atoms with Gasteiger partial charge in [-0.3, -0.25) is 4.99 Å². The van der Waals surface area contributed by atoms with Gasteiger partial charge in [-0.25, -0.2) is 4.68 Å². The van der Waals surface area contributed by atoms with Crippen molar-refractivity contribution in [1.82, 2.24) is 20.4 Å². The smallest absolute Gasteiger partial charge is 0.191 e. The first-order valence-corrected chi connectivity index (χ1v) is 9.52. The minimum absolute atomic E-state index is 0. The average Bonchev–Trinajstić information content (AvgIpc) is 3.45. The molecule has 0 saturated carbocycles. The van der Waals surface area contributed by atoms with Crippen LogP contribution in [0.5, 0.6) is 5.75 Å². The molecule has 0 saturated heterocycles. The molecule has 2 N–H and O–H groups in total. The number of methoxy groups -OCH3 is 1. The van der Waals surface area contributed by atoms with E-state index >= 15 is 0 Å². The van der Waals surface area contributed by atoms with Crippen LogP contribution in [0.3, 0.4) is 0 Å². The normalized spacial score (nSPS) is 11.1. The molecule has 0 fully saturated rings. The van der Waals surface area contributed by atoms with Gasteiger partial charge in [-0.05, 0) is 48.9 Å². The Labute approximate surface area is 193 Å². The second kappa shape index (κ2) is 12.9. The van der Waals surface area contributed by atoms with Gasteiger partial charge in [0, 0.05) is 26.4 Å². The highest BCUT2D eigenvalue weighted by molar-refractivity contribution is 14.0. The summed E-state index contributed by atoms with van der Waals surface area (Å²) >= 11 is 0. The Hall–Kier alpha value is -2.53. The summed E-state index contributed by atoms with van der Waals surface area (Å²) in [4.78, 5) is 4.24. The Morgan fingerprint density at radius 3 is 2.70 bits per heavy atom. The third-order valence-electron chi connectivity index (χ3n) is 4.22. The monoisotopic (exact) mass is 525 g/mol. The van der Waals surface area contributed by atoms with Gasteiger partial charge >= 0.3 is 0 Å². The first-order chi connectivity index (χ1) is 14.3. The molecule has 0 amide bonds. The number of hydrogen-bond donors (Lipinski definition) is 2. The number of hydrogen-bond acceptors (Lipinski definition) is 5. The van der Waals surface area contributed by atoms with Gasteiger partial charge in [0.15, 0.2) is 5.96 Å². The first-order valence-electron chi connectivity index (χ1n) is 9.52. The highest BCUT2D eigenvalue weighted by Gasteiger charge is 2.04. The van der Waals surface area contributed by atoms with E-state index in [9.17, 15) is 0 Å². The van der Waals surface area contributed by atoms with Crippen LogP contribution in [-0.4, -0.2) is 43.0 Å². The fourth-order valence-corrected chi connectivity index (χ4v) is 2.68. The zero-order valence-electron chi connectivity index (χ0n) is 17.2. The topological polar surface area (TPSA) is 85.8 Å². The molecule has 3 rings (SSSR count). The van der Waals surface area contributed by atoms with E-state index in [4.69, 9.17) is 13.9 Å². The maximum absolute atomic E-state index is 5.57. The lowest BCUT2D eigenvalue weighted by atomic mass is 10.3. The van der Waals surface area contributed by atoms with Gasteiger partial charge < -0.3 is 24.5 Å². The van der Waals surface area contributed by atoms with Crippen LogP contribution in [0.2, 0.25) is 0 Å². The van der Waals surface area contributed by atoms with Gasteiger partial charge in [0.1, 0.15) is 18.1 Å². The highest BCUT2D eigenvalue weighted by Crippen LogP contribution is 2.14. The van der Waals surface area contributed by atoms with Crippen LogP contribution in [0.25, 0.3) is 5.69 Å². The van der Waals surface area contributed by atoms with Crippen LogP contribution >= 0.6 is 24.0 Å². The number of benzene rings is 1. The lowest BCUT2D eigenvalue weighted by molar-refractivity contribution is 0.105. The minimum Gasteiger partial charge on any atom is -0.497 e. The van der Waals surface area contributed by atoms with Crippen LogP contribution in [0.15, 0.2) is 64.3 Å². The molecule has 30 heavy (non-hydrogen) atoms. The fourth-order valence-electron chi connectivity index (χ4n) is 2.68. The molecular weight excluding hydrogens is 497 g/mol. The third-order valence-corrected chi connectivity index (χ3v) is 4.22. The summed E-state index contributed by atoms with van der Waals surface area (Å²) in [5.41, 5.74) is 1.90. The van der Waals surface area contributed by atoms with Crippen molar-refractivity contribution >= 4 is 29.9 Å². The van der Waals surface area contributed by atoms with Crippen LogP contribution in [-0.2, 0) is 17.9 Å². The van der Waals surface area contributed by atoms with Gasteiger partial charge in [0.2, 0.25) is 0 Å². The Kier molecular flexibility index (Phi) is 10.2.